The molecule has 1 aliphatic carbocycles. The molecule has 1 saturated heterocycles. The van der Waals surface area contributed by atoms with Gasteiger partial charge >= 0.3 is 0 Å². The molecule has 1 saturated carbocycles. The van der Waals surface area contributed by atoms with Gasteiger partial charge in [-0.05, 0) is 49.4 Å². The molecule has 0 unspecified atom stereocenters. The highest BCUT2D eigenvalue weighted by Crippen LogP contribution is 2.39. The standard InChI is InChI=1S/C23H26N4O/c1-2-5-20-18(4-1)19-8-11-26(15-21(19)25-20)17-6-7-22(24-14-17)27-12-13-28-23(16-27)9-3-10-23/h1-2,4-7,14,25H,3,8-13,15-16H2. The Kier molecular flexibility index (Phi) is 3.66. The minimum atomic E-state index is 0.109. The van der Waals surface area contributed by atoms with Gasteiger partial charge in [-0.1, -0.05) is 18.2 Å². The maximum Gasteiger partial charge on any atom is 0.128 e. The first-order chi connectivity index (χ1) is 13.8. The summed E-state index contributed by atoms with van der Waals surface area (Å²) in [5, 5.41) is 1.38. The molecular weight excluding hydrogens is 348 g/mol. The Bertz CT molecular complexity index is 1010. The summed E-state index contributed by atoms with van der Waals surface area (Å²) in [6.07, 6.45) is 6.81. The fourth-order valence-corrected chi connectivity index (χ4v) is 5.08. The number of hydrogen-bond acceptors (Lipinski definition) is 4. The number of benzene rings is 1. The number of pyridine rings is 1. The number of aromatic amines is 1. The average molecular weight is 374 g/mol. The van der Waals surface area contributed by atoms with Crippen molar-refractivity contribution in [1.29, 1.82) is 0 Å². The van der Waals surface area contributed by atoms with Gasteiger partial charge in [-0.3, -0.25) is 0 Å². The molecule has 1 aromatic carbocycles. The zero-order chi connectivity index (χ0) is 18.6. The summed E-state index contributed by atoms with van der Waals surface area (Å²) in [4.78, 5) is 13.3. The SMILES string of the molecule is c1ccc2c3c([nH]c2c1)CN(c1ccc(N2CCOC4(CCC4)C2)nc1)CC3. The maximum absolute atomic E-state index is 6.05. The number of H-pyrrole nitrogens is 1. The number of nitrogens with zero attached hydrogens (tertiary/aromatic N) is 3. The lowest BCUT2D eigenvalue weighted by Crippen LogP contribution is -2.55. The molecular formula is C23H26N4O. The van der Waals surface area contributed by atoms with Crippen molar-refractivity contribution in [3.8, 4) is 0 Å². The first kappa shape index (κ1) is 16.4. The number of anilines is 2. The molecule has 2 aromatic heterocycles. The Morgan fingerprint density at radius 2 is 1.96 bits per heavy atom. The largest absolute Gasteiger partial charge is 0.371 e. The Hall–Kier alpha value is -2.53. The van der Waals surface area contributed by atoms with Gasteiger partial charge in [-0.25, -0.2) is 4.98 Å². The molecule has 3 aromatic rings. The molecule has 144 valence electrons. The molecule has 1 spiro atoms. The van der Waals surface area contributed by atoms with Gasteiger partial charge in [0.2, 0.25) is 0 Å². The minimum Gasteiger partial charge on any atom is -0.371 e. The van der Waals surface area contributed by atoms with Gasteiger partial charge in [0.15, 0.2) is 0 Å². The molecule has 6 rings (SSSR count). The molecule has 28 heavy (non-hydrogen) atoms. The van der Waals surface area contributed by atoms with Crippen molar-refractivity contribution in [2.75, 3.05) is 36.0 Å². The van der Waals surface area contributed by atoms with Crippen molar-refractivity contribution >= 4 is 22.4 Å². The van der Waals surface area contributed by atoms with Crippen LogP contribution in [0.25, 0.3) is 10.9 Å². The van der Waals surface area contributed by atoms with Crippen molar-refractivity contribution in [2.45, 2.75) is 37.8 Å². The molecule has 0 bridgehead atoms. The number of rotatable bonds is 2. The van der Waals surface area contributed by atoms with Gasteiger partial charge < -0.3 is 19.5 Å². The maximum atomic E-state index is 6.05. The van der Waals surface area contributed by atoms with E-state index in [2.05, 4.69) is 51.2 Å². The van der Waals surface area contributed by atoms with E-state index >= 15 is 0 Å². The minimum absolute atomic E-state index is 0.109. The van der Waals surface area contributed by atoms with Crippen molar-refractivity contribution < 1.29 is 4.74 Å². The zero-order valence-corrected chi connectivity index (χ0v) is 16.2. The smallest absolute Gasteiger partial charge is 0.128 e. The van der Waals surface area contributed by atoms with Crippen LogP contribution in [0.1, 0.15) is 30.5 Å². The predicted molar refractivity (Wildman–Crippen MR) is 112 cm³/mol. The summed E-state index contributed by atoms with van der Waals surface area (Å²) in [6, 6.07) is 13.1. The van der Waals surface area contributed by atoms with Crippen LogP contribution in [0, 0.1) is 0 Å². The number of nitrogens with one attached hydrogen (secondary N) is 1. The Balaban J connectivity index is 1.21. The van der Waals surface area contributed by atoms with Gasteiger partial charge in [0, 0.05) is 36.2 Å². The summed E-state index contributed by atoms with van der Waals surface area (Å²) in [6.45, 7) is 4.71. The van der Waals surface area contributed by atoms with E-state index in [0.29, 0.717) is 0 Å². The van der Waals surface area contributed by atoms with Gasteiger partial charge in [-0.15, -0.1) is 0 Å². The first-order valence-corrected chi connectivity index (χ1v) is 10.5. The molecule has 5 heteroatoms. The molecule has 0 amide bonds. The van der Waals surface area contributed by atoms with Gasteiger partial charge in [0.05, 0.1) is 30.6 Å². The normalized spacial score (nSPS) is 21.0. The highest BCUT2D eigenvalue weighted by atomic mass is 16.5. The second kappa shape index (κ2) is 6.24. The quantitative estimate of drug-likeness (QED) is 0.739. The fourth-order valence-electron chi connectivity index (χ4n) is 5.08. The lowest BCUT2D eigenvalue weighted by molar-refractivity contribution is -0.106. The second-order valence-electron chi connectivity index (χ2n) is 8.48. The van der Waals surface area contributed by atoms with Crippen LogP contribution < -0.4 is 9.80 Å². The number of aromatic nitrogens is 2. The molecule has 4 heterocycles. The number of para-hydroxylation sites is 1. The second-order valence-corrected chi connectivity index (χ2v) is 8.48. The lowest BCUT2D eigenvalue weighted by atomic mass is 9.79. The van der Waals surface area contributed by atoms with Crippen LogP contribution in [0.3, 0.4) is 0 Å². The van der Waals surface area contributed by atoms with E-state index in [1.54, 1.807) is 0 Å². The Labute approximate surface area is 165 Å². The van der Waals surface area contributed by atoms with Crippen molar-refractivity contribution in [2.24, 2.45) is 0 Å². The average Bonchev–Trinajstić information content (AvgIpc) is 3.11. The van der Waals surface area contributed by atoms with Crippen molar-refractivity contribution in [3.05, 3.63) is 53.9 Å². The van der Waals surface area contributed by atoms with Crippen LogP contribution >= 0.6 is 0 Å². The Morgan fingerprint density at radius 3 is 2.79 bits per heavy atom. The third-order valence-corrected chi connectivity index (χ3v) is 6.82. The van der Waals surface area contributed by atoms with E-state index in [9.17, 15) is 0 Å². The lowest BCUT2D eigenvalue weighted by Gasteiger charge is -2.48. The van der Waals surface area contributed by atoms with Crippen LogP contribution in [0.15, 0.2) is 42.6 Å². The van der Waals surface area contributed by atoms with Gasteiger partial charge in [-0.2, -0.15) is 0 Å². The van der Waals surface area contributed by atoms with E-state index in [1.807, 2.05) is 6.20 Å². The van der Waals surface area contributed by atoms with Crippen LogP contribution in [0.4, 0.5) is 11.5 Å². The highest BCUT2D eigenvalue weighted by molar-refractivity contribution is 5.85. The van der Waals surface area contributed by atoms with Crippen LogP contribution in [0.5, 0.6) is 0 Å². The number of hydrogen-bond donors (Lipinski definition) is 1. The molecule has 0 radical (unpaired) electrons. The van der Waals surface area contributed by atoms with Crippen molar-refractivity contribution in [3.63, 3.8) is 0 Å². The zero-order valence-electron chi connectivity index (χ0n) is 16.2. The molecule has 0 atom stereocenters. The number of morpholine rings is 1. The van der Waals surface area contributed by atoms with Gasteiger partial charge in [0.1, 0.15) is 5.82 Å². The fraction of sp³-hybridized carbons (Fsp3) is 0.435. The topological polar surface area (TPSA) is 44.4 Å². The van der Waals surface area contributed by atoms with E-state index in [-0.39, 0.29) is 5.60 Å². The summed E-state index contributed by atoms with van der Waals surface area (Å²) in [5.41, 5.74) is 5.39. The highest BCUT2D eigenvalue weighted by Gasteiger charge is 2.42. The summed E-state index contributed by atoms with van der Waals surface area (Å²) in [7, 11) is 0. The first-order valence-electron chi connectivity index (χ1n) is 10.5. The van der Waals surface area contributed by atoms with Gasteiger partial charge in [0.25, 0.3) is 0 Å². The third-order valence-electron chi connectivity index (χ3n) is 6.82. The molecule has 2 aliphatic heterocycles. The van der Waals surface area contributed by atoms with E-state index in [0.717, 1.165) is 45.0 Å². The van der Waals surface area contributed by atoms with E-state index < -0.39 is 0 Å². The predicted octanol–water partition coefficient (Wildman–Crippen LogP) is 3.88. The third kappa shape index (κ3) is 2.60. The number of fused-ring (bicyclic) bond motifs is 3. The molecule has 2 fully saturated rings. The Morgan fingerprint density at radius 1 is 1.04 bits per heavy atom. The molecule has 1 N–H and O–H groups in total. The van der Waals surface area contributed by atoms with Crippen LogP contribution in [-0.4, -0.2) is 41.8 Å². The summed E-state index contributed by atoms with van der Waals surface area (Å²) in [5.74, 6) is 1.08. The van der Waals surface area contributed by atoms with E-state index in [4.69, 9.17) is 9.72 Å². The van der Waals surface area contributed by atoms with Crippen LogP contribution in [0.2, 0.25) is 0 Å². The summed E-state index contributed by atoms with van der Waals surface area (Å²) < 4.78 is 6.05. The van der Waals surface area contributed by atoms with Crippen molar-refractivity contribution in [1.82, 2.24) is 9.97 Å². The molecule has 3 aliphatic rings. The van der Waals surface area contributed by atoms with E-state index in [1.165, 1.54) is 47.1 Å². The molecule has 5 nitrogen and oxygen atoms in total. The number of ether oxygens (including phenoxy) is 1. The summed E-state index contributed by atoms with van der Waals surface area (Å²) >= 11 is 0. The van der Waals surface area contributed by atoms with Crippen LogP contribution in [-0.2, 0) is 17.7 Å². The monoisotopic (exact) mass is 374 g/mol.